The van der Waals surface area contributed by atoms with E-state index in [4.69, 9.17) is 15.2 Å². The number of methoxy groups -OCH3 is 1. The maximum absolute atomic E-state index is 6.27. The van der Waals surface area contributed by atoms with Crippen molar-refractivity contribution in [1.82, 2.24) is 4.90 Å². The zero-order valence-corrected chi connectivity index (χ0v) is 12.8. The van der Waals surface area contributed by atoms with Crippen molar-refractivity contribution in [1.29, 1.82) is 0 Å². The summed E-state index contributed by atoms with van der Waals surface area (Å²) in [7, 11) is 1.68. The van der Waals surface area contributed by atoms with Crippen LogP contribution < -0.4 is 15.2 Å². The average Bonchev–Trinajstić information content (AvgIpc) is 2.92. The Morgan fingerprint density at radius 1 is 1.19 bits per heavy atom. The lowest BCUT2D eigenvalue weighted by atomic mass is 9.78. The van der Waals surface area contributed by atoms with Gasteiger partial charge in [0.25, 0.3) is 0 Å². The highest BCUT2D eigenvalue weighted by Gasteiger charge is 2.38. The van der Waals surface area contributed by atoms with Gasteiger partial charge in [-0.05, 0) is 36.8 Å². The van der Waals surface area contributed by atoms with Crippen LogP contribution >= 0.6 is 0 Å². The maximum Gasteiger partial charge on any atom is 0.161 e. The van der Waals surface area contributed by atoms with Gasteiger partial charge in [0, 0.05) is 25.7 Å². The van der Waals surface area contributed by atoms with Crippen LogP contribution in [0.5, 0.6) is 11.5 Å². The zero-order chi connectivity index (χ0) is 14.7. The van der Waals surface area contributed by atoms with Crippen LogP contribution in [0.3, 0.4) is 0 Å². The van der Waals surface area contributed by atoms with Crippen molar-refractivity contribution in [2.75, 3.05) is 33.4 Å². The molecule has 1 aliphatic carbocycles. The highest BCUT2D eigenvalue weighted by Crippen LogP contribution is 2.35. The van der Waals surface area contributed by atoms with Crippen LogP contribution in [0.4, 0.5) is 0 Å². The number of hydrogen-bond donors (Lipinski definition) is 1. The summed E-state index contributed by atoms with van der Waals surface area (Å²) in [6, 6.07) is 8.22. The first kappa shape index (κ1) is 14.7. The van der Waals surface area contributed by atoms with Crippen LogP contribution in [-0.2, 0) is 0 Å². The summed E-state index contributed by atoms with van der Waals surface area (Å²) in [4.78, 5) is 2.51. The molecule has 4 nitrogen and oxygen atoms in total. The standard InChI is InChI=1S/C17H26N2O2/c1-20-16-7-2-3-8-17(16)21-10-9-19-11-13-5-4-6-15(18)14(13)12-19/h2-3,7-8,13-15H,4-6,9-12,18H2,1H3. The Hall–Kier alpha value is -1.26. The predicted molar refractivity (Wildman–Crippen MR) is 83.7 cm³/mol. The van der Waals surface area contributed by atoms with Gasteiger partial charge in [0.05, 0.1) is 7.11 Å². The second kappa shape index (κ2) is 6.67. The highest BCUT2D eigenvalue weighted by atomic mass is 16.5. The van der Waals surface area contributed by atoms with E-state index in [2.05, 4.69) is 4.90 Å². The molecule has 2 aliphatic rings. The van der Waals surface area contributed by atoms with Crippen LogP contribution in [0, 0.1) is 11.8 Å². The number of benzene rings is 1. The maximum atomic E-state index is 6.27. The van der Waals surface area contributed by atoms with E-state index in [9.17, 15) is 0 Å². The van der Waals surface area contributed by atoms with Crippen LogP contribution in [0.1, 0.15) is 19.3 Å². The molecule has 116 valence electrons. The van der Waals surface area contributed by atoms with Gasteiger partial charge < -0.3 is 15.2 Å². The SMILES string of the molecule is COc1ccccc1OCCN1CC2CCCC(N)C2C1. The molecule has 1 heterocycles. The van der Waals surface area contributed by atoms with E-state index in [0.717, 1.165) is 30.5 Å². The number of rotatable bonds is 5. The Kier molecular flexibility index (Phi) is 4.66. The summed E-state index contributed by atoms with van der Waals surface area (Å²) in [5, 5.41) is 0. The number of fused-ring (bicyclic) bond motifs is 1. The molecule has 1 aliphatic heterocycles. The second-order valence-corrected chi connectivity index (χ2v) is 6.28. The quantitative estimate of drug-likeness (QED) is 0.902. The fourth-order valence-corrected chi connectivity index (χ4v) is 3.81. The number of nitrogens with zero attached hydrogens (tertiary/aromatic N) is 1. The molecule has 1 saturated carbocycles. The minimum Gasteiger partial charge on any atom is -0.493 e. The van der Waals surface area contributed by atoms with Crippen molar-refractivity contribution in [2.45, 2.75) is 25.3 Å². The Bertz CT molecular complexity index is 466. The van der Waals surface area contributed by atoms with E-state index < -0.39 is 0 Å². The van der Waals surface area contributed by atoms with Gasteiger partial charge in [-0.25, -0.2) is 0 Å². The number of para-hydroxylation sites is 2. The average molecular weight is 290 g/mol. The first-order valence-corrected chi connectivity index (χ1v) is 8.01. The minimum atomic E-state index is 0.406. The summed E-state index contributed by atoms with van der Waals surface area (Å²) < 4.78 is 11.2. The molecule has 1 saturated heterocycles. The molecule has 2 N–H and O–H groups in total. The Balaban J connectivity index is 1.48. The third kappa shape index (κ3) is 3.33. The zero-order valence-electron chi connectivity index (χ0n) is 12.8. The van der Waals surface area contributed by atoms with Crippen LogP contribution in [-0.4, -0.2) is 44.3 Å². The van der Waals surface area contributed by atoms with Crippen molar-refractivity contribution < 1.29 is 9.47 Å². The Labute approximate surface area is 127 Å². The topological polar surface area (TPSA) is 47.7 Å². The molecule has 0 bridgehead atoms. The largest absolute Gasteiger partial charge is 0.493 e. The summed E-state index contributed by atoms with van der Waals surface area (Å²) in [5.74, 6) is 3.13. The Morgan fingerprint density at radius 2 is 2.00 bits per heavy atom. The number of nitrogens with two attached hydrogens (primary N) is 1. The van der Waals surface area contributed by atoms with Crippen molar-refractivity contribution >= 4 is 0 Å². The summed E-state index contributed by atoms with van der Waals surface area (Å²) in [6.45, 7) is 4.00. The van der Waals surface area contributed by atoms with E-state index in [-0.39, 0.29) is 0 Å². The summed E-state index contributed by atoms with van der Waals surface area (Å²) in [5.41, 5.74) is 6.27. The number of hydrogen-bond acceptors (Lipinski definition) is 4. The van der Waals surface area contributed by atoms with Crippen molar-refractivity contribution in [3.05, 3.63) is 24.3 Å². The third-order valence-electron chi connectivity index (χ3n) is 4.96. The van der Waals surface area contributed by atoms with E-state index in [1.165, 1.54) is 25.8 Å². The second-order valence-electron chi connectivity index (χ2n) is 6.28. The first-order valence-electron chi connectivity index (χ1n) is 8.01. The smallest absolute Gasteiger partial charge is 0.161 e. The normalized spacial score (nSPS) is 29.1. The van der Waals surface area contributed by atoms with E-state index in [1.807, 2.05) is 24.3 Å². The molecule has 0 amide bonds. The fraction of sp³-hybridized carbons (Fsp3) is 0.647. The van der Waals surface area contributed by atoms with Crippen LogP contribution in [0.2, 0.25) is 0 Å². The van der Waals surface area contributed by atoms with Gasteiger partial charge in [-0.2, -0.15) is 0 Å². The molecule has 3 unspecified atom stereocenters. The summed E-state index contributed by atoms with van der Waals surface area (Å²) in [6.07, 6.45) is 3.85. The van der Waals surface area contributed by atoms with Crippen molar-refractivity contribution in [3.8, 4) is 11.5 Å². The molecule has 0 spiro atoms. The molecular formula is C17H26N2O2. The molecule has 2 fully saturated rings. The lowest BCUT2D eigenvalue weighted by Crippen LogP contribution is -2.38. The van der Waals surface area contributed by atoms with Gasteiger partial charge in [0.15, 0.2) is 11.5 Å². The van der Waals surface area contributed by atoms with Crippen molar-refractivity contribution in [3.63, 3.8) is 0 Å². The fourth-order valence-electron chi connectivity index (χ4n) is 3.81. The molecular weight excluding hydrogens is 264 g/mol. The predicted octanol–water partition coefficient (Wildman–Crippen LogP) is 2.13. The minimum absolute atomic E-state index is 0.406. The first-order chi connectivity index (χ1) is 10.3. The van der Waals surface area contributed by atoms with Gasteiger partial charge >= 0.3 is 0 Å². The molecule has 0 radical (unpaired) electrons. The van der Waals surface area contributed by atoms with E-state index >= 15 is 0 Å². The molecule has 3 rings (SSSR count). The van der Waals surface area contributed by atoms with Gasteiger partial charge in [0.2, 0.25) is 0 Å². The highest BCUT2D eigenvalue weighted by molar-refractivity contribution is 5.39. The van der Waals surface area contributed by atoms with E-state index in [1.54, 1.807) is 7.11 Å². The van der Waals surface area contributed by atoms with Crippen LogP contribution in [0.25, 0.3) is 0 Å². The molecule has 0 aromatic heterocycles. The molecule has 4 heteroatoms. The molecule has 21 heavy (non-hydrogen) atoms. The van der Waals surface area contributed by atoms with Crippen molar-refractivity contribution in [2.24, 2.45) is 17.6 Å². The van der Waals surface area contributed by atoms with Gasteiger partial charge in [0.1, 0.15) is 6.61 Å². The Morgan fingerprint density at radius 3 is 2.76 bits per heavy atom. The lowest BCUT2D eigenvalue weighted by Gasteiger charge is -2.29. The lowest BCUT2D eigenvalue weighted by molar-refractivity contribution is 0.223. The summed E-state index contributed by atoms with van der Waals surface area (Å²) >= 11 is 0. The number of likely N-dealkylation sites (tertiary alicyclic amines) is 1. The van der Waals surface area contributed by atoms with Crippen LogP contribution in [0.15, 0.2) is 24.3 Å². The van der Waals surface area contributed by atoms with Gasteiger partial charge in [-0.15, -0.1) is 0 Å². The number of ether oxygens (including phenoxy) is 2. The third-order valence-corrected chi connectivity index (χ3v) is 4.96. The molecule has 1 aromatic carbocycles. The van der Waals surface area contributed by atoms with E-state index in [0.29, 0.717) is 18.6 Å². The monoisotopic (exact) mass is 290 g/mol. The molecule has 3 atom stereocenters. The van der Waals surface area contributed by atoms with Gasteiger partial charge in [-0.1, -0.05) is 18.6 Å². The molecule has 1 aromatic rings. The van der Waals surface area contributed by atoms with Gasteiger partial charge in [-0.3, -0.25) is 4.90 Å².